The van der Waals surface area contributed by atoms with Gasteiger partial charge in [-0.15, -0.1) is 35.7 Å². The summed E-state index contributed by atoms with van der Waals surface area (Å²) in [6, 6.07) is 12.4. The molecule has 2 N–H and O–H groups in total. The van der Waals surface area contributed by atoms with Gasteiger partial charge in [0.2, 0.25) is 0 Å². The minimum absolute atomic E-state index is 0. The third-order valence-corrected chi connectivity index (χ3v) is 4.17. The van der Waals surface area contributed by atoms with Gasteiger partial charge in [0, 0.05) is 42.7 Å². The van der Waals surface area contributed by atoms with Crippen molar-refractivity contribution in [1.82, 2.24) is 20.4 Å². The van der Waals surface area contributed by atoms with Gasteiger partial charge in [-0.3, -0.25) is 9.67 Å². The molecule has 7 heteroatoms. The van der Waals surface area contributed by atoms with Crippen molar-refractivity contribution in [3.8, 4) is 0 Å². The first kappa shape index (κ1) is 19.8. The van der Waals surface area contributed by atoms with Gasteiger partial charge in [-0.2, -0.15) is 5.10 Å². The molecule has 0 radical (unpaired) electrons. The molecule has 0 aliphatic carbocycles. The summed E-state index contributed by atoms with van der Waals surface area (Å²) in [5.41, 5.74) is 0. The molecule has 2 aromatic rings. The lowest BCUT2D eigenvalue weighted by molar-refractivity contribution is 0.597. The molecule has 0 spiro atoms. The first-order valence-electron chi connectivity index (χ1n) is 7.41. The number of nitrogens with one attached hydrogen (secondary N) is 2. The average molecular weight is 445 g/mol. The fraction of sp³-hybridized carbons (Fsp3) is 0.375. The number of rotatable bonds is 7. The number of thioether (sulfide) groups is 1. The number of hydrogen-bond donors (Lipinski definition) is 2. The van der Waals surface area contributed by atoms with E-state index in [9.17, 15) is 0 Å². The van der Waals surface area contributed by atoms with Gasteiger partial charge in [-0.05, 0) is 18.2 Å². The van der Waals surface area contributed by atoms with Crippen molar-refractivity contribution in [2.24, 2.45) is 4.99 Å². The SMILES string of the molecule is CN=C(NCCn1cccn1)NCC(C)Sc1ccccc1.I. The largest absolute Gasteiger partial charge is 0.355 e. The van der Waals surface area contributed by atoms with E-state index in [0.717, 1.165) is 25.6 Å². The maximum absolute atomic E-state index is 4.24. The van der Waals surface area contributed by atoms with Crippen LogP contribution in [0.3, 0.4) is 0 Å². The normalized spacial score (nSPS) is 12.3. The maximum Gasteiger partial charge on any atom is 0.191 e. The van der Waals surface area contributed by atoms with Gasteiger partial charge < -0.3 is 10.6 Å². The molecule has 0 bridgehead atoms. The Hall–Kier alpha value is -1.22. The third kappa shape index (κ3) is 7.74. The van der Waals surface area contributed by atoms with Crippen molar-refractivity contribution in [3.63, 3.8) is 0 Å². The number of nitrogens with zero attached hydrogens (tertiary/aromatic N) is 3. The van der Waals surface area contributed by atoms with Gasteiger partial charge in [-0.1, -0.05) is 25.1 Å². The van der Waals surface area contributed by atoms with Crippen molar-refractivity contribution in [2.75, 3.05) is 20.1 Å². The molecule has 0 amide bonds. The lowest BCUT2D eigenvalue weighted by Gasteiger charge is -2.16. The summed E-state index contributed by atoms with van der Waals surface area (Å²) in [5, 5.41) is 11.3. The molecule has 1 atom stereocenters. The molecule has 23 heavy (non-hydrogen) atoms. The van der Waals surface area contributed by atoms with Gasteiger partial charge in [0.15, 0.2) is 5.96 Å². The smallest absolute Gasteiger partial charge is 0.191 e. The van der Waals surface area contributed by atoms with Gasteiger partial charge in [0.05, 0.1) is 6.54 Å². The molecular weight excluding hydrogens is 421 g/mol. The van der Waals surface area contributed by atoms with Crippen LogP contribution in [0.4, 0.5) is 0 Å². The Morgan fingerprint density at radius 2 is 2.04 bits per heavy atom. The van der Waals surface area contributed by atoms with Gasteiger partial charge in [0.1, 0.15) is 0 Å². The van der Waals surface area contributed by atoms with Crippen LogP contribution in [0.25, 0.3) is 0 Å². The lowest BCUT2D eigenvalue weighted by atomic mass is 10.4. The van der Waals surface area contributed by atoms with Crippen LogP contribution >= 0.6 is 35.7 Å². The first-order chi connectivity index (χ1) is 10.8. The summed E-state index contributed by atoms with van der Waals surface area (Å²) in [7, 11) is 1.79. The Balaban J connectivity index is 0.00000264. The summed E-state index contributed by atoms with van der Waals surface area (Å²) < 4.78 is 1.90. The van der Waals surface area contributed by atoms with Crippen molar-refractivity contribution < 1.29 is 0 Å². The van der Waals surface area contributed by atoms with Gasteiger partial charge in [0.25, 0.3) is 0 Å². The molecule has 5 nitrogen and oxygen atoms in total. The highest BCUT2D eigenvalue weighted by molar-refractivity contribution is 14.0. The van der Waals surface area contributed by atoms with Crippen LogP contribution in [0, 0.1) is 0 Å². The Morgan fingerprint density at radius 1 is 1.26 bits per heavy atom. The Bertz CT molecular complexity index is 559. The molecule has 0 saturated carbocycles. The van der Waals surface area contributed by atoms with E-state index in [0.29, 0.717) is 5.25 Å². The van der Waals surface area contributed by atoms with E-state index in [1.54, 1.807) is 13.2 Å². The summed E-state index contributed by atoms with van der Waals surface area (Å²) in [5.74, 6) is 0.827. The molecular formula is C16H24IN5S. The summed E-state index contributed by atoms with van der Waals surface area (Å²) >= 11 is 1.86. The third-order valence-electron chi connectivity index (χ3n) is 3.05. The quantitative estimate of drug-likeness (QED) is 0.298. The lowest BCUT2D eigenvalue weighted by Crippen LogP contribution is -2.41. The predicted molar refractivity (Wildman–Crippen MR) is 109 cm³/mol. The summed E-state index contributed by atoms with van der Waals surface area (Å²) in [6.45, 7) is 4.69. The van der Waals surface area contributed by atoms with Crippen molar-refractivity contribution >= 4 is 41.7 Å². The number of hydrogen-bond acceptors (Lipinski definition) is 3. The maximum atomic E-state index is 4.24. The molecule has 0 fully saturated rings. The summed E-state index contributed by atoms with van der Waals surface area (Å²) in [6.07, 6.45) is 3.74. The fourth-order valence-corrected chi connectivity index (χ4v) is 2.90. The van der Waals surface area contributed by atoms with Crippen molar-refractivity contribution in [1.29, 1.82) is 0 Å². The Morgan fingerprint density at radius 3 is 2.70 bits per heavy atom. The number of halogens is 1. The number of guanidine groups is 1. The minimum Gasteiger partial charge on any atom is -0.355 e. The Labute approximate surface area is 159 Å². The highest BCUT2D eigenvalue weighted by Gasteiger charge is 2.05. The van der Waals surface area contributed by atoms with Crippen LogP contribution in [0.15, 0.2) is 58.7 Å². The van der Waals surface area contributed by atoms with Crippen LogP contribution in [0.1, 0.15) is 6.92 Å². The monoisotopic (exact) mass is 445 g/mol. The molecule has 0 saturated heterocycles. The second-order valence-corrected chi connectivity index (χ2v) is 6.40. The first-order valence-corrected chi connectivity index (χ1v) is 8.29. The standard InChI is InChI=1S/C16H23N5S.HI/c1-14(22-15-7-4-3-5-8-15)13-19-16(17-2)18-10-12-21-11-6-9-20-21;/h3-9,11,14H,10,12-13H2,1-2H3,(H2,17,18,19);1H. The summed E-state index contributed by atoms with van der Waals surface area (Å²) in [4.78, 5) is 5.53. The molecule has 2 rings (SSSR count). The highest BCUT2D eigenvalue weighted by atomic mass is 127. The van der Waals surface area contributed by atoms with E-state index < -0.39 is 0 Å². The van der Waals surface area contributed by atoms with Gasteiger partial charge in [-0.25, -0.2) is 0 Å². The van der Waals surface area contributed by atoms with E-state index >= 15 is 0 Å². The zero-order valence-corrected chi connectivity index (χ0v) is 16.6. The van der Waals surface area contributed by atoms with Gasteiger partial charge >= 0.3 is 0 Å². The molecule has 1 aromatic carbocycles. The van der Waals surface area contributed by atoms with E-state index in [4.69, 9.17) is 0 Å². The Kier molecular flexibility index (Phi) is 9.77. The molecule has 1 unspecified atom stereocenters. The van der Waals surface area contributed by atoms with Crippen LogP contribution < -0.4 is 10.6 Å². The van der Waals surface area contributed by atoms with E-state index in [1.165, 1.54) is 4.90 Å². The van der Waals surface area contributed by atoms with Crippen LogP contribution in [-0.4, -0.2) is 41.1 Å². The van der Waals surface area contributed by atoms with Crippen LogP contribution in [-0.2, 0) is 6.54 Å². The van der Waals surface area contributed by atoms with Crippen molar-refractivity contribution in [2.45, 2.75) is 23.6 Å². The molecule has 126 valence electrons. The zero-order valence-electron chi connectivity index (χ0n) is 13.5. The van der Waals surface area contributed by atoms with Crippen LogP contribution in [0.5, 0.6) is 0 Å². The average Bonchev–Trinajstić information content (AvgIpc) is 3.05. The highest BCUT2D eigenvalue weighted by Crippen LogP contribution is 2.21. The fourth-order valence-electron chi connectivity index (χ4n) is 1.96. The van der Waals surface area contributed by atoms with Crippen molar-refractivity contribution in [3.05, 3.63) is 48.8 Å². The van der Waals surface area contributed by atoms with E-state index in [2.05, 4.69) is 51.9 Å². The minimum atomic E-state index is 0. The number of aliphatic imine (C=N–C) groups is 1. The number of benzene rings is 1. The zero-order chi connectivity index (χ0) is 15.6. The molecule has 0 aliphatic heterocycles. The number of aromatic nitrogens is 2. The molecule has 0 aliphatic rings. The molecule has 1 aromatic heterocycles. The van der Waals surface area contributed by atoms with E-state index in [1.807, 2.05) is 34.8 Å². The molecule has 1 heterocycles. The topological polar surface area (TPSA) is 54.2 Å². The van der Waals surface area contributed by atoms with E-state index in [-0.39, 0.29) is 24.0 Å². The predicted octanol–water partition coefficient (Wildman–Crippen LogP) is 2.85. The second-order valence-electron chi connectivity index (χ2n) is 4.89. The van der Waals surface area contributed by atoms with Crippen LogP contribution in [0.2, 0.25) is 0 Å². The second kappa shape index (κ2) is 11.3.